The van der Waals surface area contributed by atoms with Crippen LogP contribution in [0, 0.1) is 0 Å². The van der Waals surface area contributed by atoms with E-state index in [2.05, 4.69) is 4.98 Å². The average Bonchev–Trinajstić information content (AvgIpc) is 3.71. The fourth-order valence-corrected chi connectivity index (χ4v) is 5.60. The second-order valence-electron chi connectivity index (χ2n) is 11.3. The Morgan fingerprint density at radius 1 is 1.05 bits per heavy atom. The summed E-state index contributed by atoms with van der Waals surface area (Å²) in [6.07, 6.45) is 3.37. The number of benzene rings is 2. The Bertz CT molecular complexity index is 1330. The molecule has 1 aliphatic carbocycles. The molecular weight excluding hydrogens is 480 g/mol. The van der Waals surface area contributed by atoms with Crippen LogP contribution in [0.4, 0.5) is 4.79 Å². The monoisotopic (exact) mass is 514 g/mol. The Kier molecular flexibility index (Phi) is 6.51. The summed E-state index contributed by atoms with van der Waals surface area (Å²) in [6, 6.07) is 21.2. The van der Waals surface area contributed by atoms with Crippen molar-refractivity contribution in [1.29, 1.82) is 0 Å². The van der Waals surface area contributed by atoms with Crippen LogP contribution in [-0.2, 0) is 20.5 Å². The molecule has 0 radical (unpaired) electrons. The quantitative estimate of drug-likeness (QED) is 0.393. The lowest BCUT2D eigenvalue weighted by Crippen LogP contribution is -2.51. The summed E-state index contributed by atoms with van der Waals surface area (Å²) >= 11 is 0. The van der Waals surface area contributed by atoms with Crippen LogP contribution in [0.5, 0.6) is 0 Å². The molecule has 0 spiro atoms. The molecule has 5 rings (SSSR count). The number of carboxylic acids is 1. The van der Waals surface area contributed by atoms with E-state index in [1.54, 1.807) is 24.9 Å². The maximum absolute atomic E-state index is 13.3. The molecule has 1 saturated heterocycles. The van der Waals surface area contributed by atoms with Gasteiger partial charge in [0, 0.05) is 25.6 Å². The zero-order chi connectivity index (χ0) is 27.1. The second kappa shape index (κ2) is 9.55. The molecule has 1 amide bonds. The summed E-state index contributed by atoms with van der Waals surface area (Å²) in [5.41, 5.74) is 1.60. The van der Waals surface area contributed by atoms with E-state index in [1.165, 1.54) is 0 Å². The highest BCUT2D eigenvalue weighted by Gasteiger charge is 2.53. The molecule has 2 fully saturated rings. The summed E-state index contributed by atoms with van der Waals surface area (Å²) < 4.78 is 6.13. The summed E-state index contributed by atoms with van der Waals surface area (Å²) in [6.45, 7) is 5.95. The number of nitrogens with zero attached hydrogens (tertiary/aromatic N) is 2. The maximum Gasteiger partial charge on any atom is 0.411 e. The standard InChI is InChI=1S/C31H34N2O5/c1-21(33-18-16-31(38-28(33)36,20-29(2,3)37)25-7-5-4-6-8-25)22-9-11-23(12-10-22)24-13-17-32-26(19-24)30(14-15-30)27(34)35/h4-13,17,19,21,37H,14-16,18,20H2,1-3H3,(H,34,35)/t21-,31?/m0/s1. The number of ether oxygens (including phenoxy) is 1. The molecule has 2 aliphatic rings. The minimum atomic E-state index is -1.00. The van der Waals surface area contributed by atoms with E-state index in [0.29, 0.717) is 37.9 Å². The SMILES string of the molecule is C[C@@H](c1ccc(-c2ccnc(C3(C(=O)O)CC3)c2)cc1)N1CCC(CC(C)(C)O)(c2ccccc2)OC1=O. The highest BCUT2D eigenvalue weighted by molar-refractivity contribution is 5.84. The van der Waals surface area contributed by atoms with Crippen LogP contribution in [0.3, 0.4) is 0 Å². The van der Waals surface area contributed by atoms with E-state index in [0.717, 1.165) is 22.3 Å². The number of carbonyl (C=O) groups excluding carboxylic acids is 1. The van der Waals surface area contributed by atoms with Crippen LogP contribution in [0.15, 0.2) is 72.9 Å². The first-order chi connectivity index (χ1) is 18.0. The molecule has 2 N–H and O–H groups in total. The van der Waals surface area contributed by atoms with E-state index in [4.69, 9.17) is 4.74 Å². The van der Waals surface area contributed by atoms with Crippen molar-refractivity contribution in [3.05, 3.63) is 89.7 Å². The van der Waals surface area contributed by atoms with E-state index < -0.39 is 28.7 Å². The van der Waals surface area contributed by atoms with Gasteiger partial charge in [-0.05, 0) is 68.0 Å². The molecule has 1 unspecified atom stereocenters. The van der Waals surface area contributed by atoms with E-state index >= 15 is 0 Å². The number of aliphatic hydroxyl groups is 1. The summed E-state index contributed by atoms with van der Waals surface area (Å²) in [5, 5.41) is 20.2. The number of aromatic nitrogens is 1. The molecule has 2 atom stereocenters. The minimum absolute atomic E-state index is 0.206. The Morgan fingerprint density at radius 2 is 1.74 bits per heavy atom. The maximum atomic E-state index is 13.3. The Balaban J connectivity index is 1.33. The zero-order valence-corrected chi connectivity index (χ0v) is 22.1. The molecular formula is C31H34N2O5. The largest absolute Gasteiger partial charge is 0.481 e. The van der Waals surface area contributed by atoms with Gasteiger partial charge in [-0.15, -0.1) is 0 Å². The van der Waals surface area contributed by atoms with Gasteiger partial charge in [0.1, 0.15) is 11.0 Å². The molecule has 3 aromatic rings. The lowest BCUT2D eigenvalue weighted by atomic mass is 9.80. The lowest BCUT2D eigenvalue weighted by Gasteiger charge is -2.45. The molecule has 198 valence electrons. The summed E-state index contributed by atoms with van der Waals surface area (Å²) in [5.74, 6) is -0.821. The van der Waals surface area contributed by atoms with Gasteiger partial charge in [0.05, 0.1) is 17.3 Å². The van der Waals surface area contributed by atoms with Crippen LogP contribution in [0.2, 0.25) is 0 Å². The molecule has 7 nitrogen and oxygen atoms in total. The van der Waals surface area contributed by atoms with Crippen molar-refractivity contribution in [2.45, 2.75) is 69.1 Å². The first-order valence-corrected chi connectivity index (χ1v) is 13.1. The fraction of sp³-hybridized carbons (Fsp3) is 0.387. The Labute approximate surface area is 223 Å². The van der Waals surface area contributed by atoms with Gasteiger partial charge < -0.3 is 19.8 Å². The van der Waals surface area contributed by atoms with Crippen molar-refractivity contribution in [3.63, 3.8) is 0 Å². The smallest absolute Gasteiger partial charge is 0.411 e. The van der Waals surface area contributed by atoms with Gasteiger partial charge in [-0.25, -0.2) is 4.79 Å². The summed E-state index contributed by atoms with van der Waals surface area (Å²) in [7, 11) is 0. The molecule has 38 heavy (non-hydrogen) atoms. The first-order valence-electron chi connectivity index (χ1n) is 13.1. The number of cyclic esters (lactones) is 1. The number of carboxylic acid groups (broad SMARTS) is 1. The van der Waals surface area contributed by atoms with Crippen molar-refractivity contribution in [2.75, 3.05) is 6.54 Å². The minimum Gasteiger partial charge on any atom is -0.481 e. The van der Waals surface area contributed by atoms with Crippen LogP contribution in [0.1, 0.15) is 69.3 Å². The van der Waals surface area contributed by atoms with Gasteiger partial charge in [0.25, 0.3) is 0 Å². The van der Waals surface area contributed by atoms with E-state index in [9.17, 15) is 19.8 Å². The van der Waals surface area contributed by atoms with E-state index in [-0.39, 0.29) is 6.04 Å². The molecule has 0 bridgehead atoms. The number of rotatable bonds is 8. The molecule has 1 saturated carbocycles. The highest BCUT2D eigenvalue weighted by atomic mass is 16.6. The van der Waals surface area contributed by atoms with Crippen molar-refractivity contribution in [3.8, 4) is 11.1 Å². The van der Waals surface area contributed by atoms with Crippen molar-refractivity contribution < 1.29 is 24.5 Å². The average molecular weight is 515 g/mol. The zero-order valence-electron chi connectivity index (χ0n) is 22.1. The Hall–Kier alpha value is -3.71. The van der Waals surface area contributed by atoms with Gasteiger partial charge in [-0.2, -0.15) is 0 Å². The number of hydrogen-bond donors (Lipinski definition) is 2. The predicted molar refractivity (Wildman–Crippen MR) is 143 cm³/mol. The van der Waals surface area contributed by atoms with Crippen molar-refractivity contribution >= 4 is 12.1 Å². The van der Waals surface area contributed by atoms with Crippen LogP contribution >= 0.6 is 0 Å². The van der Waals surface area contributed by atoms with Crippen LogP contribution in [-0.4, -0.2) is 44.3 Å². The molecule has 1 aliphatic heterocycles. The third-order valence-electron chi connectivity index (χ3n) is 7.90. The fourth-order valence-electron chi connectivity index (χ4n) is 5.60. The van der Waals surface area contributed by atoms with Crippen molar-refractivity contribution in [1.82, 2.24) is 9.88 Å². The van der Waals surface area contributed by atoms with Gasteiger partial charge in [-0.3, -0.25) is 9.78 Å². The third-order valence-corrected chi connectivity index (χ3v) is 7.90. The van der Waals surface area contributed by atoms with Gasteiger partial charge in [0.2, 0.25) is 0 Å². The summed E-state index contributed by atoms with van der Waals surface area (Å²) in [4.78, 5) is 31.1. The van der Waals surface area contributed by atoms with E-state index in [1.807, 2.05) is 73.7 Å². The topological polar surface area (TPSA) is 100.0 Å². The first kappa shape index (κ1) is 25.9. The van der Waals surface area contributed by atoms with Gasteiger partial charge in [0.15, 0.2) is 0 Å². The van der Waals surface area contributed by atoms with Crippen LogP contribution in [0.25, 0.3) is 11.1 Å². The number of carbonyl (C=O) groups is 2. The number of pyridine rings is 1. The predicted octanol–water partition coefficient (Wildman–Crippen LogP) is 5.82. The van der Waals surface area contributed by atoms with Gasteiger partial charge >= 0.3 is 12.1 Å². The highest BCUT2D eigenvalue weighted by Crippen LogP contribution is 2.48. The second-order valence-corrected chi connectivity index (χ2v) is 11.3. The number of aliphatic carboxylic acids is 1. The molecule has 2 aromatic carbocycles. The number of hydrogen-bond acceptors (Lipinski definition) is 5. The van der Waals surface area contributed by atoms with Crippen LogP contribution < -0.4 is 0 Å². The Morgan fingerprint density at radius 3 is 2.32 bits per heavy atom. The van der Waals surface area contributed by atoms with Gasteiger partial charge in [-0.1, -0.05) is 54.6 Å². The number of amides is 1. The third kappa shape index (κ3) is 4.90. The molecule has 2 heterocycles. The van der Waals surface area contributed by atoms with Crippen molar-refractivity contribution in [2.24, 2.45) is 0 Å². The lowest BCUT2D eigenvalue weighted by molar-refractivity contribution is -0.140. The molecule has 1 aromatic heterocycles. The molecule has 7 heteroatoms. The normalized spacial score (nSPS) is 21.5.